The van der Waals surface area contributed by atoms with Crippen molar-refractivity contribution < 1.29 is 14.7 Å². The Labute approximate surface area is 119 Å². The lowest BCUT2D eigenvalue weighted by Crippen LogP contribution is -2.42. The summed E-state index contributed by atoms with van der Waals surface area (Å²) in [4.78, 5) is 23.4. The van der Waals surface area contributed by atoms with E-state index in [4.69, 9.17) is 10.8 Å². The second-order valence-electron chi connectivity index (χ2n) is 5.19. The Bertz CT molecular complexity index is 472. The highest BCUT2D eigenvalue weighted by atomic mass is 16.4. The van der Waals surface area contributed by atoms with Crippen molar-refractivity contribution in [3.05, 3.63) is 35.4 Å². The SMILES string of the molecule is CC(C)C[C@@H](NC(=O)c1ccccc1CCN)C(=O)O. The molecule has 1 amide bonds. The molecule has 0 spiro atoms. The van der Waals surface area contributed by atoms with Gasteiger partial charge in [-0.25, -0.2) is 4.79 Å². The van der Waals surface area contributed by atoms with Crippen LogP contribution in [-0.4, -0.2) is 29.6 Å². The van der Waals surface area contributed by atoms with Crippen molar-refractivity contribution in [1.82, 2.24) is 5.32 Å². The molecule has 0 aromatic heterocycles. The fraction of sp³-hybridized carbons (Fsp3) is 0.467. The lowest BCUT2D eigenvalue weighted by atomic mass is 10.0. The van der Waals surface area contributed by atoms with Crippen molar-refractivity contribution >= 4 is 11.9 Å². The molecule has 1 rings (SSSR count). The number of hydrogen-bond donors (Lipinski definition) is 3. The van der Waals surface area contributed by atoms with Crippen LogP contribution in [0.5, 0.6) is 0 Å². The van der Waals surface area contributed by atoms with Crippen molar-refractivity contribution in [1.29, 1.82) is 0 Å². The molecular formula is C15H22N2O3. The average Bonchev–Trinajstić information content (AvgIpc) is 2.38. The van der Waals surface area contributed by atoms with Crippen molar-refractivity contribution in [2.24, 2.45) is 11.7 Å². The van der Waals surface area contributed by atoms with Gasteiger partial charge >= 0.3 is 5.97 Å². The zero-order valence-corrected chi connectivity index (χ0v) is 11.9. The maximum Gasteiger partial charge on any atom is 0.326 e. The molecule has 5 nitrogen and oxygen atoms in total. The molecule has 0 aliphatic carbocycles. The topological polar surface area (TPSA) is 92.4 Å². The van der Waals surface area contributed by atoms with Crippen LogP contribution in [0, 0.1) is 5.92 Å². The molecular weight excluding hydrogens is 256 g/mol. The first-order valence-corrected chi connectivity index (χ1v) is 6.77. The number of hydrogen-bond acceptors (Lipinski definition) is 3. The van der Waals surface area contributed by atoms with Gasteiger partial charge < -0.3 is 16.2 Å². The van der Waals surface area contributed by atoms with Gasteiger partial charge in [0.2, 0.25) is 0 Å². The maximum absolute atomic E-state index is 12.2. The molecule has 1 atom stereocenters. The number of carbonyl (C=O) groups is 2. The molecule has 20 heavy (non-hydrogen) atoms. The summed E-state index contributed by atoms with van der Waals surface area (Å²) >= 11 is 0. The second-order valence-corrected chi connectivity index (χ2v) is 5.19. The van der Waals surface area contributed by atoms with Crippen LogP contribution in [0.4, 0.5) is 0 Å². The summed E-state index contributed by atoms with van der Waals surface area (Å²) in [6.07, 6.45) is 0.992. The minimum absolute atomic E-state index is 0.190. The Morgan fingerprint density at radius 1 is 1.30 bits per heavy atom. The van der Waals surface area contributed by atoms with Gasteiger partial charge in [-0.15, -0.1) is 0 Å². The van der Waals surface area contributed by atoms with Gasteiger partial charge in [0, 0.05) is 5.56 Å². The van der Waals surface area contributed by atoms with E-state index in [2.05, 4.69) is 5.32 Å². The number of carboxylic acids is 1. The number of amides is 1. The molecule has 0 fully saturated rings. The van der Waals surface area contributed by atoms with Crippen LogP contribution < -0.4 is 11.1 Å². The highest BCUT2D eigenvalue weighted by Gasteiger charge is 2.22. The van der Waals surface area contributed by atoms with E-state index < -0.39 is 12.0 Å². The second kappa shape index (κ2) is 7.65. The molecule has 0 aliphatic rings. The maximum atomic E-state index is 12.2. The van der Waals surface area contributed by atoms with E-state index in [1.807, 2.05) is 26.0 Å². The average molecular weight is 278 g/mol. The van der Waals surface area contributed by atoms with Crippen LogP contribution in [-0.2, 0) is 11.2 Å². The molecule has 110 valence electrons. The van der Waals surface area contributed by atoms with Gasteiger partial charge in [0.25, 0.3) is 5.91 Å². The van der Waals surface area contributed by atoms with Crippen LogP contribution >= 0.6 is 0 Å². The Balaban J connectivity index is 2.86. The number of nitrogens with two attached hydrogens (primary N) is 1. The molecule has 0 saturated carbocycles. The van der Waals surface area contributed by atoms with Crippen LogP contribution in [0.25, 0.3) is 0 Å². The molecule has 4 N–H and O–H groups in total. The third-order valence-electron chi connectivity index (χ3n) is 2.99. The van der Waals surface area contributed by atoms with Gasteiger partial charge in [0.05, 0.1) is 0 Å². The summed E-state index contributed by atoms with van der Waals surface area (Å²) in [5, 5.41) is 11.7. The number of benzene rings is 1. The normalized spacial score (nSPS) is 12.2. The summed E-state index contributed by atoms with van der Waals surface area (Å²) in [7, 11) is 0. The minimum Gasteiger partial charge on any atom is -0.480 e. The third kappa shape index (κ3) is 4.66. The van der Waals surface area contributed by atoms with Crippen molar-refractivity contribution in [3.63, 3.8) is 0 Å². The van der Waals surface area contributed by atoms with Gasteiger partial charge in [-0.2, -0.15) is 0 Å². The van der Waals surface area contributed by atoms with E-state index in [1.54, 1.807) is 12.1 Å². The monoisotopic (exact) mass is 278 g/mol. The summed E-state index contributed by atoms with van der Waals surface area (Å²) in [5.74, 6) is -1.18. The Hall–Kier alpha value is -1.88. The van der Waals surface area contributed by atoms with Crippen LogP contribution in [0.3, 0.4) is 0 Å². The van der Waals surface area contributed by atoms with Gasteiger partial charge in [0.15, 0.2) is 0 Å². The lowest BCUT2D eigenvalue weighted by Gasteiger charge is -2.17. The fourth-order valence-electron chi connectivity index (χ4n) is 2.04. The lowest BCUT2D eigenvalue weighted by molar-refractivity contribution is -0.139. The summed E-state index contributed by atoms with van der Waals surface area (Å²) in [6, 6.07) is 6.25. The van der Waals surface area contributed by atoms with Crippen molar-refractivity contribution in [3.8, 4) is 0 Å². The zero-order chi connectivity index (χ0) is 15.1. The van der Waals surface area contributed by atoms with Gasteiger partial charge in [-0.05, 0) is 36.9 Å². The smallest absolute Gasteiger partial charge is 0.326 e. The first-order chi connectivity index (χ1) is 9.45. The van der Waals surface area contributed by atoms with Gasteiger partial charge in [-0.3, -0.25) is 4.79 Å². The summed E-state index contributed by atoms with van der Waals surface area (Å²) in [5.41, 5.74) is 6.85. The molecule has 5 heteroatoms. The number of nitrogens with one attached hydrogen (secondary N) is 1. The van der Waals surface area contributed by atoms with Crippen molar-refractivity contribution in [2.75, 3.05) is 6.54 Å². The molecule has 1 aromatic rings. The molecule has 0 radical (unpaired) electrons. The number of rotatable bonds is 7. The predicted octanol–water partition coefficient (Wildman–Crippen LogP) is 1.42. The number of carbonyl (C=O) groups excluding carboxylic acids is 1. The summed E-state index contributed by atoms with van der Waals surface area (Å²) in [6.45, 7) is 4.29. The highest BCUT2D eigenvalue weighted by Crippen LogP contribution is 2.11. The van der Waals surface area contributed by atoms with Crippen LogP contribution in [0.15, 0.2) is 24.3 Å². The minimum atomic E-state index is -1.01. The fourth-order valence-corrected chi connectivity index (χ4v) is 2.04. The van der Waals surface area contributed by atoms with E-state index in [-0.39, 0.29) is 11.8 Å². The number of carboxylic acid groups (broad SMARTS) is 1. The van der Waals surface area contributed by atoms with E-state index in [0.717, 1.165) is 5.56 Å². The van der Waals surface area contributed by atoms with E-state index in [1.165, 1.54) is 0 Å². The highest BCUT2D eigenvalue weighted by molar-refractivity contribution is 5.97. The van der Waals surface area contributed by atoms with Crippen LogP contribution in [0.1, 0.15) is 36.2 Å². The Morgan fingerprint density at radius 3 is 2.50 bits per heavy atom. The molecule has 0 aliphatic heterocycles. The van der Waals surface area contributed by atoms with E-state index in [9.17, 15) is 9.59 Å². The molecule has 0 unspecified atom stereocenters. The molecule has 0 saturated heterocycles. The first-order valence-electron chi connectivity index (χ1n) is 6.77. The molecule has 0 bridgehead atoms. The predicted molar refractivity (Wildman–Crippen MR) is 77.5 cm³/mol. The third-order valence-corrected chi connectivity index (χ3v) is 2.99. The quantitative estimate of drug-likeness (QED) is 0.703. The molecule has 0 heterocycles. The largest absolute Gasteiger partial charge is 0.480 e. The zero-order valence-electron chi connectivity index (χ0n) is 11.9. The molecule has 1 aromatic carbocycles. The van der Waals surface area contributed by atoms with Crippen LogP contribution in [0.2, 0.25) is 0 Å². The van der Waals surface area contributed by atoms with Crippen molar-refractivity contribution in [2.45, 2.75) is 32.7 Å². The Morgan fingerprint density at radius 2 is 1.95 bits per heavy atom. The van der Waals surface area contributed by atoms with E-state index >= 15 is 0 Å². The summed E-state index contributed by atoms with van der Waals surface area (Å²) < 4.78 is 0. The Kier molecular flexibility index (Phi) is 6.18. The van der Waals surface area contributed by atoms with Gasteiger partial charge in [0.1, 0.15) is 6.04 Å². The standard InChI is InChI=1S/C15H22N2O3/c1-10(2)9-13(15(19)20)17-14(18)12-6-4-3-5-11(12)7-8-16/h3-6,10,13H,7-9,16H2,1-2H3,(H,17,18)(H,19,20)/t13-/m1/s1. The van der Waals surface area contributed by atoms with E-state index in [0.29, 0.717) is 24.9 Å². The number of aliphatic carboxylic acids is 1. The van der Waals surface area contributed by atoms with Gasteiger partial charge in [-0.1, -0.05) is 32.0 Å². The first kappa shape index (κ1) is 16.2.